The Morgan fingerprint density at radius 1 is 1.20 bits per heavy atom. The largest absolute Gasteiger partial charge is 0.468 e. The molecular weight excluding hydrogens is 334 g/mol. The summed E-state index contributed by atoms with van der Waals surface area (Å²) >= 11 is 1.35. The third kappa shape index (κ3) is 3.24. The number of hydrogen-bond donors (Lipinski definition) is 0. The van der Waals surface area contributed by atoms with Crippen LogP contribution in [0.4, 0.5) is 0 Å². The van der Waals surface area contributed by atoms with Gasteiger partial charge in [0.25, 0.3) is 0 Å². The van der Waals surface area contributed by atoms with Gasteiger partial charge in [-0.05, 0) is 50.2 Å². The molecule has 0 aliphatic carbocycles. The smallest absolute Gasteiger partial charge is 0.321 e. The molecule has 6 heteroatoms. The SMILES string of the molecule is COC(=O)C(C)(C)Sc1nc2ccccc2n1-c1ccc(C#N)cc1. The molecule has 0 saturated heterocycles. The first-order valence-electron chi connectivity index (χ1n) is 7.72. The standard InChI is InChI=1S/C19H17N3O2S/c1-19(2,17(23)24-3)25-18-21-15-6-4-5-7-16(15)22(18)14-10-8-13(12-20)9-11-14/h4-11H,1-3H3. The summed E-state index contributed by atoms with van der Waals surface area (Å²) < 4.78 is 6.12. The second kappa shape index (κ2) is 6.61. The van der Waals surface area contributed by atoms with Crippen LogP contribution in [0.5, 0.6) is 0 Å². The first-order valence-corrected chi connectivity index (χ1v) is 8.53. The minimum absolute atomic E-state index is 0.309. The summed E-state index contributed by atoms with van der Waals surface area (Å²) in [6.45, 7) is 3.62. The van der Waals surface area contributed by atoms with Crippen LogP contribution in [0.1, 0.15) is 19.4 Å². The van der Waals surface area contributed by atoms with E-state index in [0.717, 1.165) is 16.7 Å². The zero-order chi connectivity index (χ0) is 18.0. The third-order valence-corrected chi connectivity index (χ3v) is 4.94. The molecule has 0 fully saturated rings. The van der Waals surface area contributed by atoms with Crippen LogP contribution in [0.2, 0.25) is 0 Å². The lowest BCUT2D eigenvalue weighted by molar-refractivity contribution is -0.142. The van der Waals surface area contributed by atoms with Crippen LogP contribution in [0.3, 0.4) is 0 Å². The Morgan fingerprint density at radius 2 is 1.88 bits per heavy atom. The predicted molar refractivity (Wildman–Crippen MR) is 97.7 cm³/mol. The highest BCUT2D eigenvalue weighted by Gasteiger charge is 2.32. The first kappa shape index (κ1) is 17.1. The molecule has 5 nitrogen and oxygen atoms in total. The van der Waals surface area contributed by atoms with E-state index in [1.54, 1.807) is 12.1 Å². The molecule has 2 aromatic carbocycles. The van der Waals surface area contributed by atoms with Gasteiger partial charge in [0.05, 0.1) is 29.8 Å². The van der Waals surface area contributed by atoms with E-state index >= 15 is 0 Å². The highest BCUT2D eigenvalue weighted by atomic mass is 32.2. The van der Waals surface area contributed by atoms with Crippen molar-refractivity contribution in [1.29, 1.82) is 5.26 Å². The molecule has 3 aromatic rings. The number of aromatic nitrogens is 2. The number of carbonyl (C=O) groups is 1. The van der Waals surface area contributed by atoms with Crippen molar-refractivity contribution >= 4 is 28.8 Å². The maximum Gasteiger partial charge on any atom is 0.321 e. The number of thioether (sulfide) groups is 1. The quantitative estimate of drug-likeness (QED) is 0.526. The van der Waals surface area contributed by atoms with Crippen molar-refractivity contribution in [2.75, 3.05) is 7.11 Å². The summed E-state index contributed by atoms with van der Waals surface area (Å²) in [4.78, 5) is 16.8. The number of carbonyl (C=O) groups excluding carboxylic acids is 1. The van der Waals surface area contributed by atoms with Gasteiger partial charge in [0.1, 0.15) is 4.75 Å². The fraction of sp³-hybridized carbons (Fsp3) is 0.211. The number of nitriles is 1. The number of imidazole rings is 1. The number of esters is 1. The Labute approximate surface area is 150 Å². The molecule has 0 N–H and O–H groups in total. The fourth-order valence-corrected chi connectivity index (χ4v) is 3.58. The Bertz CT molecular complexity index is 968. The Morgan fingerprint density at radius 3 is 2.52 bits per heavy atom. The lowest BCUT2D eigenvalue weighted by Crippen LogP contribution is -2.29. The van der Waals surface area contributed by atoms with E-state index in [9.17, 15) is 4.79 Å². The average Bonchev–Trinajstić information content (AvgIpc) is 2.98. The fourth-order valence-electron chi connectivity index (χ4n) is 2.52. The lowest BCUT2D eigenvalue weighted by Gasteiger charge is -2.20. The van der Waals surface area contributed by atoms with Gasteiger partial charge in [-0.1, -0.05) is 23.9 Å². The van der Waals surface area contributed by atoms with Crippen LogP contribution in [0.25, 0.3) is 16.7 Å². The number of hydrogen-bond acceptors (Lipinski definition) is 5. The molecule has 0 saturated carbocycles. The molecular formula is C19H17N3O2S. The summed E-state index contributed by atoms with van der Waals surface area (Å²) in [7, 11) is 1.38. The molecule has 1 aromatic heterocycles. The number of rotatable bonds is 4. The topological polar surface area (TPSA) is 67.9 Å². The van der Waals surface area contributed by atoms with Gasteiger partial charge in [0.2, 0.25) is 0 Å². The van der Waals surface area contributed by atoms with E-state index in [4.69, 9.17) is 10.00 Å². The van der Waals surface area contributed by atoms with E-state index in [0.29, 0.717) is 10.7 Å². The van der Waals surface area contributed by atoms with Crippen molar-refractivity contribution in [2.45, 2.75) is 23.8 Å². The molecule has 0 unspecified atom stereocenters. The first-order chi connectivity index (χ1) is 12.0. The van der Waals surface area contributed by atoms with Crippen LogP contribution in [-0.2, 0) is 9.53 Å². The van der Waals surface area contributed by atoms with Gasteiger partial charge < -0.3 is 4.74 Å². The number of ether oxygens (including phenoxy) is 1. The number of para-hydroxylation sites is 2. The van der Waals surface area contributed by atoms with Gasteiger partial charge >= 0.3 is 5.97 Å². The van der Waals surface area contributed by atoms with Crippen LogP contribution < -0.4 is 0 Å². The summed E-state index contributed by atoms with van der Waals surface area (Å²) in [6, 6.07) is 17.2. The van der Waals surface area contributed by atoms with Crippen molar-refractivity contribution in [3.63, 3.8) is 0 Å². The normalized spacial score (nSPS) is 11.3. The van der Waals surface area contributed by atoms with Crippen molar-refractivity contribution in [2.24, 2.45) is 0 Å². The van der Waals surface area contributed by atoms with Crippen LogP contribution in [0.15, 0.2) is 53.7 Å². The second-order valence-electron chi connectivity index (χ2n) is 5.98. The van der Waals surface area contributed by atoms with Gasteiger partial charge in [0.15, 0.2) is 5.16 Å². The molecule has 0 aliphatic heterocycles. The Balaban J connectivity index is 2.15. The molecule has 1 heterocycles. The molecule has 25 heavy (non-hydrogen) atoms. The highest BCUT2D eigenvalue weighted by Crippen LogP contribution is 2.36. The van der Waals surface area contributed by atoms with Gasteiger partial charge in [-0.2, -0.15) is 5.26 Å². The van der Waals surface area contributed by atoms with E-state index < -0.39 is 4.75 Å². The summed E-state index contributed by atoms with van der Waals surface area (Å²) in [6.07, 6.45) is 0. The minimum Gasteiger partial charge on any atom is -0.468 e. The molecule has 0 atom stereocenters. The van der Waals surface area contributed by atoms with Crippen LogP contribution in [0, 0.1) is 11.3 Å². The Kier molecular flexibility index (Phi) is 4.51. The molecule has 0 bridgehead atoms. The number of fused-ring (bicyclic) bond motifs is 1. The Hall–Kier alpha value is -2.78. The van der Waals surface area contributed by atoms with Crippen LogP contribution in [-0.4, -0.2) is 27.4 Å². The monoisotopic (exact) mass is 351 g/mol. The molecule has 126 valence electrons. The number of nitrogens with zero attached hydrogens (tertiary/aromatic N) is 3. The van der Waals surface area contributed by atoms with Gasteiger partial charge in [0, 0.05) is 5.69 Å². The molecule has 0 amide bonds. The maximum atomic E-state index is 12.1. The van der Waals surface area contributed by atoms with Gasteiger partial charge in [-0.15, -0.1) is 0 Å². The zero-order valence-electron chi connectivity index (χ0n) is 14.2. The molecule has 0 aliphatic rings. The summed E-state index contributed by atoms with van der Waals surface area (Å²) in [5, 5.41) is 9.70. The zero-order valence-corrected chi connectivity index (χ0v) is 15.0. The van der Waals surface area contributed by atoms with Crippen molar-refractivity contribution in [3.8, 4) is 11.8 Å². The van der Waals surface area contributed by atoms with Gasteiger partial charge in [-0.3, -0.25) is 9.36 Å². The van der Waals surface area contributed by atoms with Crippen LogP contribution >= 0.6 is 11.8 Å². The minimum atomic E-state index is -0.777. The van der Waals surface area contributed by atoms with E-state index in [1.807, 2.05) is 54.8 Å². The number of benzene rings is 2. The van der Waals surface area contributed by atoms with Crippen molar-refractivity contribution < 1.29 is 9.53 Å². The maximum absolute atomic E-state index is 12.1. The highest BCUT2D eigenvalue weighted by molar-refractivity contribution is 8.01. The molecule has 0 spiro atoms. The average molecular weight is 351 g/mol. The van der Waals surface area contributed by atoms with Crippen molar-refractivity contribution in [3.05, 3.63) is 54.1 Å². The predicted octanol–water partition coefficient (Wildman–Crippen LogP) is 3.94. The van der Waals surface area contributed by atoms with E-state index in [-0.39, 0.29) is 5.97 Å². The van der Waals surface area contributed by atoms with Crippen molar-refractivity contribution in [1.82, 2.24) is 9.55 Å². The molecule has 3 rings (SSSR count). The van der Waals surface area contributed by atoms with Gasteiger partial charge in [-0.25, -0.2) is 4.98 Å². The number of methoxy groups -OCH3 is 1. The summed E-state index contributed by atoms with van der Waals surface area (Å²) in [5.74, 6) is -0.309. The second-order valence-corrected chi connectivity index (χ2v) is 7.57. The molecule has 0 radical (unpaired) electrons. The van der Waals surface area contributed by atoms with E-state index in [1.165, 1.54) is 18.9 Å². The van der Waals surface area contributed by atoms with E-state index in [2.05, 4.69) is 11.1 Å². The third-order valence-electron chi connectivity index (χ3n) is 3.81. The lowest BCUT2D eigenvalue weighted by atomic mass is 10.2. The summed E-state index contributed by atoms with van der Waals surface area (Å²) in [5.41, 5.74) is 3.26.